The van der Waals surface area contributed by atoms with Crippen LogP contribution in [0.5, 0.6) is 5.75 Å². The van der Waals surface area contributed by atoms with E-state index in [1.807, 2.05) is 54.2 Å². The quantitative estimate of drug-likeness (QED) is 0.275. The van der Waals surface area contributed by atoms with Crippen LogP contribution in [0.25, 0.3) is 28.3 Å². The van der Waals surface area contributed by atoms with Gasteiger partial charge in [0.1, 0.15) is 29.2 Å². The molecule has 1 aliphatic heterocycles. The number of pyridine rings is 1. The van der Waals surface area contributed by atoms with E-state index in [1.54, 1.807) is 17.3 Å². The first kappa shape index (κ1) is 25.0. The van der Waals surface area contributed by atoms with Crippen molar-refractivity contribution in [3.8, 4) is 28.4 Å². The molecule has 5 heterocycles. The maximum atomic E-state index is 5.99. The van der Waals surface area contributed by atoms with E-state index in [1.165, 1.54) is 0 Å². The lowest BCUT2D eigenvalue weighted by molar-refractivity contribution is 0.0358. The molecular formula is C28H31N9O2. The van der Waals surface area contributed by atoms with E-state index in [-0.39, 0.29) is 0 Å². The van der Waals surface area contributed by atoms with Crippen molar-refractivity contribution < 1.29 is 9.47 Å². The van der Waals surface area contributed by atoms with Gasteiger partial charge in [-0.05, 0) is 18.1 Å². The first-order chi connectivity index (χ1) is 19.2. The zero-order chi connectivity index (χ0) is 26.4. The summed E-state index contributed by atoms with van der Waals surface area (Å²) in [5.41, 5.74) is 5.51. The molecule has 11 nitrogen and oxygen atoms in total. The van der Waals surface area contributed by atoms with Gasteiger partial charge in [0.15, 0.2) is 0 Å². The van der Waals surface area contributed by atoms with Crippen molar-refractivity contribution >= 4 is 11.5 Å². The van der Waals surface area contributed by atoms with Gasteiger partial charge >= 0.3 is 0 Å². The molecule has 39 heavy (non-hydrogen) atoms. The SMILES string of the molecule is Cn1ncc(-c2ccc(CNc3cc(-c4cnc5cc(OCCCN6CCOCC6)ccn45)ncn3)cc2)n1. The highest BCUT2D eigenvalue weighted by Gasteiger charge is 2.11. The lowest BCUT2D eigenvalue weighted by Gasteiger charge is -2.26. The van der Waals surface area contributed by atoms with E-state index in [2.05, 4.69) is 47.5 Å². The molecule has 0 saturated carbocycles. The molecule has 0 spiro atoms. The fraction of sp³-hybridized carbons (Fsp3) is 0.321. The second-order valence-electron chi connectivity index (χ2n) is 9.45. The van der Waals surface area contributed by atoms with Crippen molar-refractivity contribution in [2.24, 2.45) is 7.05 Å². The van der Waals surface area contributed by atoms with Crippen LogP contribution < -0.4 is 10.1 Å². The van der Waals surface area contributed by atoms with E-state index in [9.17, 15) is 0 Å². The van der Waals surface area contributed by atoms with Gasteiger partial charge in [-0.25, -0.2) is 15.0 Å². The smallest absolute Gasteiger partial charge is 0.140 e. The number of benzene rings is 1. The molecule has 0 atom stereocenters. The topological polar surface area (TPSA) is 108 Å². The highest BCUT2D eigenvalue weighted by atomic mass is 16.5. The average Bonchev–Trinajstić information content (AvgIpc) is 3.61. The van der Waals surface area contributed by atoms with Crippen LogP contribution in [0, 0.1) is 0 Å². The summed E-state index contributed by atoms with van der Waals surface area (Å²) in [5, 5.41) is 11.9. The number of nitrogens with one attached hydrogen (secondary N) is 1. The lowest BCUT2D eigenvalue weighted by atomic mass is 10.1. The fourth-order valence-electron chi connectivity index (χ4n) is 4.60. The first-order valence-electron chi connectivity index (χ1n) is 13.1. The average molecular weight is 526 g/mol. The number of imidazole rings is 1. The molecule has 1 N–H and O–H groups in total. The third kappa shape index (κ3) is 6.05. The van der Waals surface area contributed by atoms with Gasteiger partial charge in [0, 0.05) is 57.1 Å². The number of nitrogens with zero attached hydrogens (tertiary/aromatic N) is 8. The minimum absolute atomic E-state index is 0.636. The molecule has 1 fully saturated rings. The Hall–Kier alpha value is -4.35. The number of morpholine rings is 1. The Balaban J connectivity index is 1.06. The molecule has 1 aromatic carbocycles. The number of fused-ring (bicyclic) bond motifs is 1. The van der Waals surface area contributed by atoms with Gasteiger partial charge < -0.3 is 14.8 Å². The maximum absolute atomic E-state index is 5.99. The van der Waals surface area contributed by atoms with Gasteiger partial charge in [-0.1, -0.05) is 24.3 Å². The van der Waals surface area contributed by atoms with Crippen LogP contribution in [0.15, 0.2) is 67.4 Å². The molecule has 0 bridgehead atoms. The lowest BCUT2D eigenvalue weighted by Crippen LogP contribution is -2.37. The van der Waals surface area contributed by atoms with Crippen LogP contribution in [0.3, 0.4) is 0 Å². The van der Waals surface area contributed by atoms with Gasteiger partial charge in [-0.3, -0.25) is 9.30 Å². The zero-order valence-electron chi connectivity index (χ0n) is 21.9. The van der Waals surface area contributed by atoms with Crippen LogP contribution in [-0.2, 0) is 18.3 Å². The third-order valence-electron chi connectivity index (χ3n) is 6.73. The molecule has 1 saturated heterocycles. The summed E-state index contributed by atoms with van der Waals surface area (Å²) in [6.45, 7) is 5.98. The standard InChI is InChI=1S/C28H31N9O2/c1-35-33-18-25(34-35)22-5-3-21(4-6-22)17-29-27-16-24(31-20-32-27)26-19-30-28-15-23(7-9-37(26)28)39-12-2-8-36-10-13-38-14-11-36/h3-7,9,15-16,18-20H,2,8,10-14,17H2,1H3,(H,29,31,32). The molecule has 11 heteroatoms. The highest BCUT2D eigenvalue weighted by Crippen LogP contribution is 2.23. The number of aryl methyl sites for hydroxylation is 1. The first-order valence-corrected chi connectivity index (χ1v) is 13.1. The fourth-order valence-corrected chi connectivity index (χ4v) is 4.60. The number of hydrogen-bond acceptors (Lipinski definition) is 9. The number of rotatable bonds is 10. The predicted octanol–water partition coefficient (Wildman–Crippen LogP) is 3.30. The van der Waals surface area contributed by atoms with Crippen LogP contribution >= 0.6 is 0 Å². The van der Waals surface area contributed by atoms with Gasteiger partial charge in [-0.15, -0.1) is 0 Å². The number of hydrogen-bond donors (Lipinski definition) is 1. The van der Waals surface area contributed by atoms with E-state index in [4.69, 9.17) is 9.47 Å². The summed E-state index contributed by atoms with van der Waals surface area (Å²) in [6.07, 6.45) is 8.11. The van der Waals surface area contributed by atoms with Crippen molar-refractivity contribution in [1.82, 2.24) is 39.2 Å². The monoisotopic (exact) mass is 525 g/mol. The molecule has 1 aliphatic rings. The van der Waals surface area contributed by atoms with Gasteiger partial charge in [0.25, 0.3) is 0 Å². The Kier molecular flexibility index (Phi) is 7.41. The summed E-state index contributed by atoms with van der Waals surface area (Å²) >= 11 is 0. The molecule has 0 amide bonds. The second kappa shape index (κ2) is 11.6. The van der Waals surface area contributed by atoms with Crippen LogP contribution in [0.1, 0.15) is 12.0 Å². The van der Waals surface area contributed by atoms with Crippen molar-refractivity contribution in [3.63, 3.8) is 0 Å². The summed E-state index contributed by atoms with van der Waals surface area (Å²) in [5.74, 6) is 1.56. The van der Waals surface area contributed by atoms with Crippen molar-refractivity contribution in [2.75, 3.05) is 44.8 Å². The molecule has 4 aromatic heterocycles. The summed E-state index contributed by atoms with van der Waals surface area (Å²) in [7, 11) is 1.81. The van der Waals surface area contributed by atoms with Crippen molar-refractivity contribution in [2.45, 2.75) is 13.0 Å². The Morgan fingerprint density at radius 3 is 2.67 bits per heavy atom. The number of aromatic nitrogens is 7. The predicted molar refractivity (Wildman–Crippen MR) is 147 cm³/mol. The van der Waals surface area contributed by atoms with Crippen LogP contribution in [-0.4, -0.2) is 78.7 Å². The largest absolute Gasteiger partial charge is 0.493 e. The Bertz CT molecular complexity index is 1520. The van der Waals surface area contributed by atoms with E-state index >= 15 is 0 Å². The molecule has 5 aromatic rings. The van der Waals surface area contributed by atoms with Gasteiger partial charge in [0.05, 0.1) is 43.6 Å². The van der Waals surface area contributed by atoms with Gasteiger partial charge in [-0.2, -0.15) is 15.0 Å². The van der Waals surface area contributed by atoms with Crippen molar-refractivity contribution in [3.05, 3.63) is 72.9 Å². The number of ether oxygens (including phenoxy) is 2. The minimum atomic E-state index is 0.636. The summed E-state index contributed by atoms with van der Waals surface area (Å²) < 4.78 is 13.4. The van der Waals surface area contributed by atoms with E-state index < -0.39 is 0 Å². The molecule has 0 aliphatic carbocycles. The number of anilines is 1. The third-order valence-corrected chi connectivity index (χ3v) is 6.73. The minimum Gasteiger partial charge on any atom is -0.493 e. The van der Waals surface area contributed by atoms with Gasteiger partial charge in [0.2, 0.25) is 0 Å². The summed E-state index contributed by atoms with van der Waals surface area (Å²) in [6, 6.07) is 14.1. The maximum Gasteiger partial charge on any atom is 0.140 e. The molecule has 0 radical (unpaired) electrons. The Labute approximate surface area is 226 Å². The normalized spacial score (nSPS) is 14.1. The zero-order valence-corrected chi connectivity index (χ0v) is 21.9. The van der Waals surface area contributed by atoms with Crippen molar-refractivity contribution in [1.29, 1.82) is 0 Å². The highest BCUT2D eigenvalue weighted by molar-refractivity contribution is 5.63. The molecule has 6 rings (SSSR count). The Morgan fingerprint density at radius 2 is 1.85 bits per heavy atom. The molecule has 0 unspecified atom stereocenters. The summed E-state index contributed by atoms with van der Waals surface area (Å²) in [4.78, 5) is 17.4. The molecular weight excluding hydrogens is 494 g/mol. The van der Waals surface area contributed by atoms with Crippen LogP contribution in [0.2, 0.25) is 0 Å². The molecule has 200 valence electrons. The second-order valence-corrected chi connectivity index (χ2v) is 9.45. The van der Waals surface area contributed by atoms with Crippen LogP contribution in [0.4, 0.5) is 5.82 Å². The van der Waals surface area contributed by atoms with E-state index in [0.29, 0.717) is 13.2 Å². The van der Waals surface area contributed by atoms with E-state index in [0.717, 1.165) is 84.7 Å². The Morgan fingerprint density at radius 1 is 0.974 bits per heavy atom.